The molecule has 0 heterocycles. The van der Waals surface area contributed by atoms with Crippen LogP contribution in [0.15, 0.2) is 0 Å². The lowest BCUT2D eigenvalue weighted by molar-refractivity contribution is -0.138. The normalized spacial score (nSPS) is 14.9. The first-order chi connectivity index (χ1) is 7.44. The van der Waals surface area contributed by atoms with Gasteiger partial charge in [-0.15, -0.1) is 0 Å². The summed E-state index contributed by atoms with van der Waals surface area (Å²) in [7, 11) is -3.42. The summed E-state index contributed by atoms with van der Waals surface area (Å²) in [5, 5.41) is 8.79. The van der Waals surface area contributed by atoms with Crippen LogP contribution in [0.2, 0.25) is 0 Å². The topological polar surface area (TPSA) is 83.5 Å². The van der Waals surface area contributed by atoms with E-state index in [2.05, 4.69) is 4.72 Å². The smallest absolute Gasteiger partial charge is 0.304 e. The van der Waals surface area contributed by atoms with Gasteiger partial charge in [0.15, 0.2) is 0 Å². The Morgan fingerprint density at radius 1 is 1.29 bits per heavy atom. The van der Waals surface area contributed by atoms with Crippen LogP contribution >= 0.6 is 0 Å². The highest BCUT2D eigenvalue weighted by molar-refractivity contribution is 7.89. The molecule has 6 heteroatoms. The van der Waals surface area contributed by atoms with Crippen LogP contribution in [0.4, 0.5) is 0 Å². The second-order valence-electron chi connectivity index (χ2n) is 5.81. The van der Waals surface area contributed by atoms with E-state index in [0.29, 0.717) is 0 Å². The molecule has 0 saturated heterocycles. The average Bonchev–Trinajstić information content (AvgIpc) is 1.96. The zero-order valence-corrected chi connectivity index (χ0v) is 12.0. The van der Waals surface area contributed by atoms with Gasteiger partial charge < -0.3 is 5.11 Å². The molecule has 1 unspecified atom stereocenters. The Morgan fingerprint density at radius 3 is 2.06 bits per heavy atom. The number of carboxylic acids is 1. The fourth-order valence-corrected chi connectivity index (χ4v) is 3.25. The monoisotopic (exact) mass is 265 g/mol. The fourth-order valence-electron chi connectivity index (χ4n) is 1.40. The second kappa shape index (κ2) is 5.82. The summed E-state index contributed by atoms with van der Waals surface area (Å²) in [6.07, 6.45) is -0.208. The largest absolute Gasteiger partial charge is 0.481 e. The molecule has 0 aliphatic heterocycles. The van der Waals surface area contributed by atoms with Gasteiger partial charge in [0, 0.05) is 6.04 Å². The van der Waals surface area contributed by atoms with E-state index in [1.165, 1.54) is 0 Å². The fraction of sp³-hybridized carbons (Fsp3) is 0.909. The highest BCUT2D eigenvalue weighted by Crippen LogP contribution is 2.22. The van der Waals surface area contributed by atoms with Crippen molar-refractivity contribution >= 4 is 16.0 Å². The second-order valence-corrected chi connectivity index (χ2v) is 7.61. The maximum absolute atomic E-state index is 11.8. The van der Waals surface area contributed by atoms with E-state index in [-0.39, 0.29) is 18.1 Å². The van der Waals surface area contributed by atoms with E-state index in [9.17, 15) is 13.2 Å². The lowest BCUT2D eigenvalue weighted by Gasteiger charge is -2.30. The summed E-state index contributed by atoms with van der Waals surface area (Å²) in [4.78, 5) is 10.7. The summed E-state index contributed by atoms with van der Waals surface area (Å²) in [5.74, 6) is -0.978. The minimum Gasteiger partial charge on any atom is -0.481 e. The third-order valence-corrected chi connectivity index (χ3v) is 4.05. The van der Waals surface area contributed by atoms with Crippen molar-refractivity contribution in [2.45, 2.75) is 47.1 Å². The number of carbonyl (C=O) groups is 1. The lowest BCUT2D eigenvalue weighted by atomic mass is 9.85. The molecule has 0 fully saturated rings. The average molecular weight is 265 g/mol. The highest BCUT2D eigenvalue weighted by atomic mass is 32.2. The summed E-state index contributed by atoms with van der Waals surface area (Å²) >= 11 is 0. The van der Waals surface area contributed by atoms with Crippen LogP contribution in [0.3, 0.4) is 0 Å². The molecule has 5 nitrogen and oxygen atoms in total. The molecular formula is C11H23NO4S. The zero-order chi connectivity index (χ0) is 13.9. The van der Waals surface area contributed by atoms with Crippen molar-refractivity contribution in [3.63, 3.8) is 0 Å². The standard InChI is InChI=1S/C11H23NO4S/c1-8(2)7-17(15,16)12-9(6-10(13)14)11(3,4)5/h8-9,12H,6-7H2,1-5H3,(H,13,14). The van der Waals surface area contributed by atoms with Crippen LogP contribution in [0.5, 0.6) is 0 Å². The maximum atomic E-state index is 11.8. The Balaban J connectivity index is 4.82. The van der Waals surface area contributed by atoms with Gasteiger partial charge in [0.25, 0.3) is 0 Å². The van der Waals surface area contributed by atoms with Crippen molar-refractivity contribution in [1.82, 2.24) is 4.72 Å². The Morgan fingerprint density at radius 2 is 1.76 bits per heavy atom. The van der Waals surface area contributed by atoms with Gasteiger partial charge in [-0.05, 0) is 11.3 Å². The van der Waals surface area contributed by atoms with Crippen LogP contribution in [-0.4, -0.2) is 31.3 Å². The van der Waals surface area contributed by atoms with Crippen molar-refractivity contribution < 1.29 is 18.3 Å². The molecular weight excluding hydrogens is 242 g/mol. The van der Waals surface area contributed by atoms with Gasteiger partial charge in [-0.25, -0.2) is 13.1 Å². The quantitative estimate of drug-likeness (QED) is 0.761. The SMILES string of the molecule is CC(C)CS(=O)(=O)NC(CC(=O)O)C(C)(C)C. The lowest BCUT2D eigenvalue weighted by Crippen LogP contribution is -2.46. The summed E-state index contributed by atoms with van der Waals surface area (Å²) < 4.78 is 26.0. The molecule has 0 radical (unpaired) electrons. The van der Waals surface area contributed by atoms with Crippen LogP contribution < -0.4 is 4.72 Å². The van der Waals surface area contributed by atoms with Crippen LogP contribution in [0.25, 0.3) is 0 Å². The Bertz CT molecular complexity index is 354. The van der Waals surface area contributed by atoms with E-state index < -0.39 is 27.4 Å². The zero-order valence-electron chi connectivity index (χ0n) is 11.1. The number of rotatable bonds is 6. The van der Waals surface area contributed by atoms with Gasteiger partial charge in [-0.3, -0.25) is 4.79 Å². The molecule has 0 aromatic heterocycles. The van der Waals surface area contributed by atoms with Gasteiger partial charge in [-0.2, -0.15) is 0 Å². The van der Waals surface area contributed by atoms with Crippen LogP contribution in [-0.2, 0) is 14.8 Å². The van der Waals surface area contributed by atoms with Gasteiger partial charge in [0.05, 0.1) is 12.2 Å². The molecule has 0 aromatic rings. The first kappa shape index (κ1) is 16.4. The molecule has 0 bridgehead atoms. The molecule has 102 valence electrons. The maximum Gasteiger partial charge on any atom is 0.304 e. The molecule has 0 aromatic carbocycles. The molecule has 0 aliphatic rings. The van der Waals surface area contributed by atoms with E-state index in [0.717, 1.165) is 0 Å². The third kappa shape index (κ3) is 7.33. The predicted molar refractivity (Wildman–Crippen MR) is 67.3 cm³/mol. The van der Waals surface area contributed by atoms with E-state index in [4.69, 9.17) is 5.11 Å². The molecule has 0 spiro atoms. The van der Waals surface area contributed by atoms with Crippen molar-refractivity contribution in [2.24, 2.45) is 11.3 Å². The number of hydrogen-bond acceptors (Lipinski definition) is 3. The highest BCUT2D eigenvalue weighted by Gasteiger charge is 2.30. The van der Waals surface area contributed by atoms with Gasteiger partial charge in [0.2, 0.25) is 10.0 Å². The molecule has 0 amide bonds. The number of hydrogen-bond donors (Lipinski definition) is 2. The molecule has 0 saturated carbocycles. The van der Waals surface area contributed by atoms with Crippen molar-refractivity contribution in [3.05, 3.63) is 0 Å². The van der Waals surface area contributed by atoms with E-state index in [1.54, 1.807) is 0 Å². The van der Waals surface area contributed by atoms with Gasteiger partial charge in [0.1, 0.15) is 0 Å². The summed E-state index contributed by atoms with van der Waals surface area (Å²) in [6.45, 7) is 9.07. The molecule has 1 atom stereocenters. The number of nitrogens with one attached hydrogen (secondary N) is 1. The van der Waals surface area contributed by atoms with Crippen LogP contribution in [0, 0.1) is 11.3 Å². The predicted octanol–water partition coefficient (Wildman–Crippen LogP) is 1.45. The third-order valence-electron chi connectivity index (χ3n) is 2.30. The van der Waals surface area contributed by atoms with E-state index >= 15 is 0 Å². The first-order valence-electron chi connectivity index (χ1n) is 5.66. The molecule has 0 aliphatic carbocycles. The number of carboxylic acid groups (broad SMARTS) is 1. The molecule has 17 heavy (non-hydrogen) atoms. The van der Waals surface area contributed by atoms with E-state index in [1.807, 2.05) is 34.6 Å². The first-order valence-corrected chi connectivity index (χ1v) is 7.31. The molecule has 2 N–H and O–H groups in total. The Kier molecular flexibility index (Phi) is 5.61. The minimum atomic E-state index is -3.42. The minimum absolute atomic E-state index is 0.0120. The summed E-state index contributed by atoms with van der Waals surface area (Å²) in [6, 6.07) is -0.594. The Hall–Kier alpha value is -0.620. The Labute approximate surface area is 104 Å². The van der Waals surface area contributed by atoms with Crippen molar-refractivity contribution in [2.75, 3.05) is 5.75 Å². The summed E-state index contributed by atoms with van der Waals surface area (Å²) in [5.41, 5.74) is -0.428. The number of aliphatic carboxylic acids is 1. The number of sulfonamides is 1. The van der Waals surface area contributed by atoms with Gasteiger partial charge >= 0.3 is 5.97 Å². The molecule has 0 rings (SSSR count). The van der Waals surface area contributed by atoms with Crippen molar-refractivity contribution in [3.8, 4) is 0 Å². The van der Waals surface area contributed by atoms with Crippen molar-refractivity contribution in [1.29, 1.82) is 0 Å². The van der Waals surface area contributed by atoms with Crippen LogP contribution in [0.1, 0.15) is 41.0 Å². The van der Waals surface area contributed by atoms with Gasteiger partial charge in [-0.1, -0.05) is 34.6 Å².